The maximum atomic E-state index is 11.5. The Morgan fingerprint density at radius 1 is 1.40 bits per heavy atom. The molecule has 1 fully saturated rings. The summed E-state index contributed by atoms with van der Waals surface area (Å²) in [6.07, 6.45) is 2.04. The van der Waals surface area contributed by atoms with E-state index in [1.807, 2.05) is 0 Å². The number of hydrogen-bond acceptors (Lipinski definition) is 7. The third-order valence-corrected chi connectivity index (χ3v) is 5.21. The standard InChI is InChI=1S/C12H22N4O3S/c1-4-10(16-7-5-13-6-8-16)11-14-12(19-15-11)9(2)20(3,17)18/h9-10,13H,4-8H2,1-3H3. The minimum absolute atomic E-state index is 0.0846. The fourth-order valence-electron chi connectivity index (χ4n) is 2.33. The minimum Gasteiger partial charge on any atom is -0.338 e. The fourth-order valence-corrected chi connectivity index (χ4v) is 2.79. The van der Waals surface area contributed by atoms with Gasteiger partial charge in [0.05, 0.1) is 6.04 Å². The van der Waals surface area contributed by atoms with Crippen molar-refractivity contribution in [1.82, 2.24) is 20.4 Å². The van der Waals surface area contributed by atoms with Crippen LogP contribution < -0.4 is 5.32 Å². The molecule has 1 saturated heterocycles. The molecule has 1 aliphatic rings. The molecule has 0 spiro atoms. The van der Waals surface area contributed by atoms with Crippen LogP contribution in [0.5, 0.6) is 0 Å². The van der Waals surface area contributed by atoms with Gasteiger partial charge in [0, 0.05) is 32.4 Å². The van der Waals surface area contributed by atoms with Crippen molar-refractivity contribution in [1.29, 1.82) is 0 Å². The summed E-state index contributed by atoms with van der Waals surface area (Å²) in [7, 11) is -3.22. The Hall–Kier alpha value is -0.990. The summed E-state index contributed by atoms with van der Waals surface area (Å²) in [5.41, 5.74) is 0. The molecule has 0 radical (unpaired) electrons. The van der Waals surface area contributed by atoms with Crippen LogP contribution in [-0.2, 0) is 9.84 Å². The molecule has 0 aromatic carbocycles. The normalized spacial score (nSPS) is 20.8. The first-order chi connectivity index (χ1) is 9.43. The Balaban J connectivity index is 2.17. The molecule has 1 N–H and O–H groups in total. The first kappa shape index (κ1) is 15.4. The first-order valence-corrected chi connectivity index (χ1v) is 8.86. The van der Waals surface area contributed by atoms with Crippen molar-refractivity contribution in [3.63, 3.8) is 0 Å². The van der Waals surface area contributed by atoms with Crippen LogP contribution in [0.15, 0.2) is 4.52 Å². The summed E-state index contributed by atoms with van der Waals surface area (Å²) in [6, 6.07) is 0.0846. The van der Waals surface area contributed by atoms with Gasteiger partial charge >= 0.3 is 0 Å². The molecule has 2 heterocycles. The van der Waals surface area contributed by atoms with Crippen LogP contribution in [0, 0.1) is 0 Å². The lowest BCUT2D eigenvalue weighted by Gasteiger charge is -2.32. The Morgan fingerprint density at radius 3 is 2.60 bits per heavy atom. The summed E-state index contributed by atoms with van der Waals surface area (Å²) in [5.74, 6) is 0.760. The van der Waals surface area contributed by atoms with E-state index in [0.29, 0.717) is 5.82 Å². The van der Waals surface area contributed by atoms with Crippen molar-refractivity contribution in [2.75, 3.05) is 32.4 Å². The summed E-state index contributed by atoms with van der Waals surface area (Å²) in [5, 5.41) is 6.53. The molecule has 1 aromatic heterocycles. The molecule has 114 valence electrons. The third-order valence-electron chi connectivity index (χ3n) is 3.72. The van der Waals surface area contributed by atoms with E-state index < -0.39 is 15.1 Å². The molecule has 1 aliphatic heterocycles. The van der Waals surface area contributed by atoms with Crippen molar-refractivity contribution in [3.8, 4) is 0 Å². The van der Waals surface area contributed by atoms with Crippen molar-refractivity contribution >= 4 is 9.84 Å². The SMILES string of the molecule is CCC(c1noc(C(C)S(C)(=O)=O)n1)N1CCNCC1. The van der Waals surface area contributed by atoms with Gasteiger partial charge in [-0.2, -0.15) is 4.98 Å². The molecule has 2 atom stereocenters. The number of aromatic nitrogens is 2. The Labute approximate surface area is 119 Å². The monoisotopic (exact) mass is 302 g/mol. The van der Waals surface area contributed by atoms with Crippen LogP contribution in [0.25, 0.3) is 0 Å². The van der Waals surface area contributed by atoms with Crippen LogP contribution >= 0.6 is 0 Å². The number of nitrogens with one attached hydrogen (secondary N) is 1. The minimum atomic E-state index is -3.22. The van der Waals surface area contributed by atoms with Crippen LogP contribution in [0.1, 0.15) is 43.3 Å². The van der Waals surface area contributed by atoms with Crippen LogP contribution in [0.3, 0.4) is 0 Å². The predicted octanol–water partition coefficient (Wildman–Crippen LogP) is 0.532. The van der Waals surface area contributed by atoms with E-state index in [9.17, 15) is 8.42 Å². The van der Waals surface area contributed by atoms with Gasteiger partial charge in [0.15, 0.2) is 15.7 Å². The van der Waals surface area contributed by atoms with Gasteiger partial charge in [0.25, 0.3) is 0 Å². The smallest absolute Gasteiger partial charge is 0.244 e. The lowest BCUT2D eigenvalue weighted by Crippen LogP contribution is -2.45. The van der Waals surface area contributed by atoms with E-state index in [4.69, 9.17) is 4.52 Å². The Kier molecular flexibility index (Phi) is 4.77. The lowest BCUT2D eigenvalue weighted by atomic mass is 10.1. The molecule has 0 amide bonds. The van der Waals surface area contributed by atoms with Crippen molar-refractivity contribution in [2.24, 2.45) is 0 Å². The second-order valence-corrected chi connectivity index (χ2v) is 7.54. The quantitative estimate of drug-likeness (QED) is 0.848. The highest BCUT2D eigenvalue weighted by Gasteiger charge is 2.28. The molecule has 1 aromatic rings. The number of hydrogen-bond donors (Lipinski definition) is 1. The van der Waals surface area contributed by atoms with Crippen LogP contribution in [0.4, 0.5) is 0 Å². The van der Waals surface area contributed by atoms with Gasteiger partial charge in [-0.15, -0.1) is 0 Å². The van der Waals surface area contributed by atoms with Gasteiger partial charge in [-0.25, -0.2) is 8.42 Å². The highest BCUT2D eigenvalue weighted by molar-refractivity contribution is 7.90. The van der Waals surface area contributed by atoms with Gasteiger partial charge in [-0.3, -0.25) is 4.90 Å². The summed E-state index contributed by atoms with van der Waals surface area (Å²) in [4.78, 5) is 6.61. The van der Waals surface area contributed by atoms with Gasteiger partial charge in [-0.1, -0.05) is 12.1 Å². The summed E-state index contributed by atoms with van der Waals surface area (Å²) >= 11 is 0. The van der Waals surface area contributed by atoms with E-state index in [2.05, 4.69) is 27.3 Å². The highest BCUT2D eigenvalue weighted by Crippen LogP contribution is 2.25. The molecule has 2 rings (SSSR count). The maximum Gasteiger partial charge on any atom is 0.244 e. The zero-order valence-corrected chi connectivity index (χ0v) is 13.0. The number of rotatable bonds is 5. The fraction of sp³-hybridized carbons (Fsp3) is 0.833. The van der Waals surface area contributed by atoms with E-state index in [-0.39, 0.29) is 11.9 Å². The molecule has 20 heavy (non-hydrogen) atoms. The van der Waals surface area contributed by atoms with Gasteiger partial charge in [-0.05, 0) is 13.3 Å². The maximum absolute atomic E-state index is 11.5. The van der Waals surface area contributed by atoms with Crippen LogP contribution in [-0.4, -0.2) is 55.9 Å². The van der Waals surface area contributed by atoms with Crippen molar-refractivity contribution in [3.05, 3.63) is 11.7 Å². The zero-order chi connectivity index (χ0) is 14.8. The average molecular weight is 302 g/mol. The second-order valence-electron chi connectivity index (χ2n) is 5.17. The number of nitrogens with zero attached hydrogens (tertiary/aromatic N) is 3. The molecule has 0 saturated carbocycles. The Morgan fingerprint density at radius 2 is 2.05 bits per heavy atom. The zero-order valence-electron chi connectivity index (χ0n) is 12.2. The van der Waals surface area contributed by atoms with Gasteiger partial charge in [0.1, 0.15) is 5.25 Å². The number of sulfone groups is 1. The molecular weight excluding hydrogens is 280 g/mol. The Bertz CT molecular complexity index is 537. The van der Waals surface area contributed by atoms with E-state index in [1.54, 1.807) is 6.92 Å². The van der Waals surface area contributed by atoms with Crippen molar-refractivity contribution in [2.45, 2.75) is 31.6 Å². The second kappa shape index (κ2) is 6.19. The molecule has 8 heteroatoms. The molecule has 2 unspecified atom stereocenters. The number of piperazine rings is 1. The van der Waals surface area contributed by atoms with E-state index in [0.717, 1.165) is 32.6 Å². The van der Waals surface area contributed by atoms with E-state index >= 15 is 0 Å². The highest BCUT2D eigenvalue weighted by atomic mass is 32.2. The third kappa shape index (κ3) is 3.36. The van der Waals surface area contributed by atoms with Crippen molar-refractivity contribution < 1.29 is 12.9 Å². The molecule has 0 bridgehead atoms. The molecule has 7 nitrogen and oxygen atoms in total. The largest absolute Gasteiger partial charge is 0.338 e. The summed E-state index contributed by atoms with van der Waals surface area (Å²) in [6.45, 7) is 7.40. The topological polar surface area (TPSA) is 88.3 Å². The summed E-state index contributed by atoms with van der Waals surface area (Å²) < 4.78 is 28.2. The average Bonchev–Trinajstić information content (AvgIpc) is 2.88. The first-order valence-electron chi connectivity index (χ1n) is 6.90. The van der Waals surface area contributed by atoms with Crippen LogP contribution in [0.2, 0.25) is 0 Å². The van der Waals surface area contributed by atoms with E-state index in [1.165, 1.54) is 6.26 Å². The van der Waals surface area contributed by atoms with Gasteiger partial charge < -0.3 is 9.84 Å². The molecule has 0 aliphatic carbocycles. The lowest BCUT2D eigenvalue weighted by molar-refractivity contribution is 0.160. The molecular formula is C12H22N4O3S. The predicted molar refractivity (Wildman–Crippen MR) is 75.0 cm³/mol. The van der Waals surface area contributed by atoms with Gasteiger partial charge in [0.2, 0.25) is 5.89 Å².